The molecule has 2 N–H and O–H groups in total. The highest BCUT2D eigenvalue weighted by atomic mass is 35.5. The van der Waals surface area contributed by atoms with Gasteiger partial charge in [0.1, 0.15) is 5.02 Å². The van der Waals surface area contributed by atoms with Crippen molar-refractivity contribution in [1.29, 1.82) is 0 Å². The van der Waals surface area contributed by atoms with E-state index in [1.807, 2.05) is 6.07 Å². The average molecular weight is 263 g/mol. The van der Waals surface area contributed by atoms with Crippen molar-refractivity contribution in [2.24, 2.45) is 0 Å². The third kappa shape index (κ3) is 3.11. The third-order valence-electron chi connectivity index (χ3n) is 2.51. The maximum atomic E-state index is 6.04. The first-order valence-electron chi connectivity index (χ1n) is 5.69. The van der Waals surface area contributed by atoms with Crippen molar-refractivity contribution in [2.45, 2.75) is 13.5 Å². The van der Waals surface area contributed by atoms with Crippen LogP contribution < -0.4 is 10.6 Å². The second-order valence-corrected chi connectivity index (χ2v) is 4.39. The normalized spacial score (nSPS) is 10.2. The summed E-state index contributed by atoms with van der Waals surface area (Å²) in [5.41, 5.74) is 2.43. The molecule has 0 aliphatic heterocycles. The fraction of sp³-hybridized carbons (Fsp3) is 0.231. The molecule has 0 radical (unpaired) electrons. The zero-order valence-electron chi connectivity index (χ0n) is 10.4. The fourth-order valence-corrected chi connectivity index (χ4v) is 1.78. The largest absolute Gasteiger partial charge is 0.365 e. The van der Waals surface area contributed by atoms with E-state index in [4.69, 9.17) is 11.6 Å². The van der Waals surface area contributed by atoms with Crippen LogP contribution in [0.5, 0.6) is 0 Å². The summed E-state index contributed by atoms with van der Waals surface area (Å²) in [7, 11) is 1.77. The van der Waals surface area contributed by atoms with E-state index < -0.39 is 0 Å². The number of benzene rings is 1. The van der Waals surface area contributed by atoms with Gasteiger partial charge < -0.3 is 10.6 Å². The van der Waals surface area contributed by atoms with Gasteiger partial charge in [0, 0.05) is 13.6 Å². The van der Waals surface area contributed by atoms with Gasteiger partial charge in [0.15, 0.2) is 5.82 Å². The van der Waals surface area contributed by atoms with Crippen molar-refractivity contribution in [3.63, 3.8) is 0 Å². The molecule has 1 aromatic heterocycles. The molecule has 0 bridgehead atoms. The van der Waals surface area contributed by atoms with Crippen LogP contribution in [-0.4, -0.2) is 17.0 Å². The summed E-state index contributed by atoms with van der Waals surface area (Å²) in [6, 6.07) is 8.29. The lowest BCUT2D eigenvalue weighted by molar-refractivity contribution is 1.08. The first-order valence-corrected chi connectivity index (χ1v) is 6.06. The van der Waals surface area contributed by atoms with Crippen LogP contribution in [0.25, 0.3) is 0 Å². The summed E-state index contributed by atoms with van der Waals surface area (Å²) in [5, 5.41) is 6.60. The Balaban J connectivity index is 2.10. The highest BCUT2D eigenvalue weighted by molar-refractivity contribution is 6.32. The standard InChI is InChI=1S/C13H15ClN4/c1-9-4-3-5-10(6-9)7-16-12-11(14)8-17-13(15-2)18-12/h3-6,8H,7H2,1-2H3,(H2,15,16,17,18). The number of hydrogen-bond donors (Lipinski definition) is 2. The number of rotatable bonds is 4. The van der Waals surface area contributed by atoms with Gasteiger partial charge in [-0.3, -0.25) is 0 Å². The zero-order valence-corrected chi connectivity index (χ0v) is 11.1. The Labute approximate surface area is 111 Å². The monoisotopic (exact) mass is 262 g/mol. The van der Waals surface area contributed by atoms with Gasteiger partial charge in [-0.2, -0.15) is 4.98 Å². The Bertz CT molecular complexity index is 542. The molecule has 1 aromatic carbocycles. The minimum Gasteiger partial charge on any atom is -0.365 e. The van der Waals surface area contributed by atoms with Gasteiger partial charge in [0.05, 0.1) is 6.20 Å². The van der Waals surface area contributed by atoms with Crippen LogP contribution in [-0.2, 0) is 6.54 Å². The van der Waals surface area contributed by atoms with Crippen molar-refractivity contribution in [1.82, 2.24) is 9.97 Å². The highest BCUT2D eigenvalue weighted by Gasteiger charge is 2.04. The molecule has 0 saturated heterocycles. The van der Waals surface area contributed by atoms with Gasteiger partial charge in [-0.1, -0.05) is 41.4 Å². The lowest BCUT2D eigenvalue weighted by atomic mass is 10.1. The molecule has 0 fully saturated rings. The molecule has 4 nitrogen and oxygen atoms in total. The van der Waals surface area contributed by atoms with Gasteiger partial charge in [-0.05, 0) is 12.5 Å². The van der Waals surface area contributed by atoms with E-state index >= 15 is 0 Å². The predicted molar refractivity (Wildman–Crippen MR) is 75.1 cm³/mol. The fourth-order valence-electron chi connectivity index (χ4n) is 1.62. The van der Waals surface area contributed by atoms with Crippen LogP contribution in [0.1, 0.15) is 11.1 Å². The lowest BCUT2D eigenvalue weighted by Gasteiger charge is -2.09. The Morgan fingerprint density at radius 1 is 1.33 bits per heavy atom. The van der Waals surface area contributed by atoms with E-state index in [0.717, 1.165) is 0 Å². The van der Waals surface area contributed by atoms with Crippen molar-refractivity contribution in [2.75, 3.05) is 17.7 Å². The molecule has 0 aliphatic carbocycles. The number of aromatic nitrogens is 2. The summed E-state index contributed by atoms with van der Waals surface area (Å²) in [6.07, 6.45) is 1.58. The SMILES string of the molecule is CNc1ncc(Cl)c(NCc2cccc(C)c2)n1. The summed E-state index contributed by atoms with van der Waals surface area (Å²) in [4.78, 5) is 8.30. The van der Waals surface area contributed by atoms with E-state index in [1.54, 1.807) is 13.2 Å². The van der Waals surface area contributed by atoms with Crippen molar-refractivity contribution in [3.8, 4) is 0 Å². The minimum atomic E-state index is 0.515. The van der Waals surface area contributed by atoms with Crippen LogP contribution in [0.3, 0.4) is 0 Å². The molecule has 0 amide bonds. The number of hydrogen-bond acceptors (Lipinski definition) is 4. The van der Waals surface area contributed by atoms with Crippen LogP contribution in [0, 0.1) is 6.92 Å². The van der Waals surface area contributed by atoms with Gasteiger partial charge >= 0.3 is 0 Å². The molecular formula is C13H15ClN4. The number of aryl methyl sites for hydroxylation is 1. The molecule has 18 heavy (non-hydrogen) atoms. The van der Waals surface area contributed by atoms with E-state index in [1.165, 1.54) is 11.1 Å². The average Bonchev–Trinajstić information content (AvgIpc) is 2.38. The zero-order chi connectivity index (χ0) is 13.0. The summed E-state index contributed by atoms with van der Waals surface area (Å²) >= 11 is 6.04. The summed E-state index contributed by atoms with van der Waals surface area (Å²) < 4.78 is 0. The molecule has 2 rings (SSSR count). The van der Waals surface area contributed by atoms with Crippen molar-refractivity contribution in [3.05, 3.63) is 46.6 Å². The minimum absolute atomic E-state index is 0.515. The third-order valence-corrected chi connectivity index (χ3v) is 2.79. The first-order chi connectivity index (χ1) is 8.69. The van der Waals surface area contributed by atoms with Gasteiger partial charge in [-0.15, -0.1) is 0 Å². The molecule has 0 unspecified atom stereocenters. The van der Waals surface area contributed by atoms with E-state index in [0.29, 0.717) is 23.3 Å². The van der Waals surface area contributed by atoms with Gasteiger partial charge in [-0.25, -0.2) is 4.98 Å². The Kier molecular flexibility index (Phi) is 3.99. The molecule has 0 spiro atoms. The summed E-state index contributed by atoms with van der Waals surface area (Å²) in [6.45, 7) is 2.75. The van der Waals surface area contributed by atoms with E-state index in [9.17, 15) is 0 Å². The first kappa shape index (κ1) is 12.6. The van der Waals surface area contributed by atoms with E-state index in [2.05, 4.69) is 45.7 Å². The maximum absolute atomic E-state index is 6.04. The number of nitrogens with one attached hydrogen (secondary N) is 2. The highest BCUT2D eigenvalue weighted by Crippen LogP contribution is 2.20. The number of anilines is 2. The van der Waals surface area contributed by atoms with Gasteiger partial charge in [0.2, 0.25) is 5.95 Å². The molecule has 0 saturated carbocycles. The molecular weight excluding hydrogens is 248 g/mol. The van der Waals surface area contributed by atoms with Crippen LogP contribution in [0.15, 0.2) is 30.5 Å². The molecule has 0 aliphatic rings. The van der Waals surface area contributed by atoms with Crippen LogP contribution in [0.4, 0.5) is 11.8 Å². The predicted octanol–water partition coefficient (Wildman–Crippen LogP) is 3.09. The van der Waals surface area contributed by atoms with Crippen LogP contribution in [0.2, 0.25) is 5.02 Å². The molecule has 94 valence electrons. The lowest BCUT2D eigenvalue weighted by Crippen LogP contribution is -2.05. The summed E-state index contributed by atoms with van der Waals surface area (Å²) in [5.74, 6) is 1.18. The van der Waals surface area contributed by atoms with Gasteiger partial charge in [0.25, 0.3) is 0 Å². The molecule has 1 heterocycles. The molecule has 0 atom stereocenters. The number of halogens is 1. The second kappa shape index (κ2) is 5.69. The Hall–Kier alpha value is -1.81. The Morgan fingerprint density at radius 2 is 2.17 bits per heavy atom. The smallest absolute Gasteiger partial charge is 0.224 e. The Morgan fingerprint density at radius 3 is 2.89 bits per heavy atom. The molecule has 5 heteroatoms. The van der Waals surface area contributed by atoms with Crippen molar-refractivity contribution < 1.29 is 0 Å². The maximum Gasteiger partial charge on any atom is 0.224 e. The van der Waals surface area contributed by atoms with Crippen molar-refractivity contribution >= 4 is 23.4 Å². The quantitative estimate of drug-likeness (QED) is 0.889. The topological polar surface area (TPSA) is 49.8 Å². The second-order valence-electron chi connectivity index (χ2n) is 3.98. The molecule has 2 aromatic rings. The van der Waals surface area contributed by atoms with E-state index in [-0.39, 0.29) is 0 Å². The van der Waals surface area contributed by atoms with Crippen LogP contribution >= 0.6 is 11.6 Å². The number of nitrogens with zero attached hydrogens (tertiary/aromatic N) is 2.